The monoisotopic (exact) mass is 404 g/mol. The Hall–Kier alpha value is -3.32. The first kappa shape index (κ1) is 19.0. The predicted molar refractivity (Wildman–Crippen MR) is 118 cm³/mol. The van der Waals surface area contributed by atoms with E-state index in [4.69, 9.17) is 12.2 Å². The molecule has 4 rings (SSSR count). The van der Waals surface area contributed by atoms with Gasteiger partial charge in [0.25, 0.3) is 5.91 Å². The molecule has 6 nitrogen and oxygen atoms in total. The van der Waals surface area contributed by atoms with Gasteiger partial charge >= 0.3 is 0 Å². The minimum atomic E-state index is -0.994. The minimum Gasteiger partial charge on any atom is -0.361 e. The van der Waals surface area contributed by atoms with Crippen molar-refractivity contribution >= 4 is 51.9 Å². The summed E-state index contributed by atoms with van der Waals surface area (Å²) < 4.78 is 0. The van der Waals surface area contributed by atoms with Crippen LogP contribution in [0.2, 0.25) is 0 Å². The third-order valence-corrected chi connectivity index (χ3v) is 5.22. The zero-order chi connectivity index (χ0) is 20.4. The fourth-order valence-corrected chi connectivity index (χ4v) is 3.66. The van der Waals surface area contributed by atoms with Crippen molar-refractivity contribution in [1.29, 1.82) is 0 Å². The van der Waals surface area contributed by atoms with Crippen molar-refractivity contribution in [2.24, 2.45) is 10.9 Å². The number of anilines is 1. The lowest BCUT2D eigenvalue weighted by Crippen LogP contribution is -2.58. The third-order valence-electron chi connectivity index (χ3n) is 4.93. The van der Waals surface area contributed by atoms with Crippen LogP contribution in [0.3, 0.4) is 0 Å². The number of thiocarbonyl (C=S) groups is 1. The number of aliphatic imine (C=N–C) groups is 1. The molecule has 29 heavy (non-hydrogen) atoms. The number of fused-ring (bicyclic) bond motifs is 1. The molecule has 1 atom stereocenters. The molecule has 1 saturated heterocycles. The van der Waals surface area contributed by atoms with Crippen LogP contribution in [-0.2, 0) is 16.0 Å². The number of hydrogen-bond donors (Lipinski definition) is 2. The second-order valence-electron chi connectivity index (χ2n) is 6.95. The first-order valence-electron chi connectivity index (χ1n) is 9.35. The lowest BCUT2D eigenvalue weighted by Gasteiger charge is -2.31. The van der Waals surface area contributed by atoms with Crippen LogP contribution in [0.25, 0.3) is 10.9 Å². The SMILES string of the molecule is Cc1ccc(N2C(=O)C(C=NCCc3c[nH]c4ccccc34)C(=O)NC2=S)cc1. The summed E-state index contributed by atoms with van der Waals surface area (Å²) in [7, 11) is 0. The van der Waals surface area contributed by atoms with Crippen LogP contribution in [0, 0.1) is 12.8 Å². The first-order valence-corrected chi connectivity index (χ1v) is 9.76. The van der Waals surface area contributed by atoms with Crippen LogP contribution >= 0.6 is 12.2 Å². The van der Waals surface area contributed by atoms with E-state index in [-0.39, 0.29) is 5.11 Å². The van der Waals surface area contributed by atoms with Crippen LogP contribution in [0.15, 0.2) is 59.7 Å². The molecule has 1 aromatic heterocycles. The maximum atomic E-state index is 12.9. The van der Waals surface area contributed by atoms with E-state index in [0.29, 0.717) is 18.7 Å². The molecule has 1 aliphatic rings. The maximum absolute atomic E-state index is 12.9. The fourth-order valence-electron chi connectivity index (χ4n) is 3.36. The summed E-state index contributed by atoms with van der Waals surface area (Å²) in [5, 5.41) is 3.85. The average molecular weight is 404 g/mol. The number of H-pyrrole nitrogens is 1. The molecule has 0 aliphatic carbocycles. The van der Waals surface area contributed by atoms with Crippen LogP contribution < -0.4 is 10.2 Å². The molecular formula is C22H20N4O2S. The predicted octanol–water partition coefficient (Wildman–Crippen LogP) is 3.15. The highest BCUT2D eigenvalue weighted by Crippen LogP contribution is 2.21. The molecule has 0 spiro atoms. The summed E-state index contributed by atoms with van der Waals surface area (Å²) >= 11 is 5.21. The number of aromatic nitrogens is 1. The molecule has 2 aromatic carbocycles. The number of nitrogens with zero attached hydrogens (tertiary/aromatic N) is 2. The number of para-hydroxylation sites is 1. The van der Waals surface area contributed by atoms with Crippen molar-refractivity contribution in [2.45, 2.75) is 13.3 Å². The minimum absolute atomic E-state index is 0.0901. The topological polar surface area (TPSA) is 77.6 Å². The summed E-state index contributed by atoms with van der Waals surface area (Å²) in [6, 6.07) is 15.5. The summed E-state index contributed by atoms with van der Waals surface area (Å²) in [6.45, 7) is 2.44. The van der Waals surface area contributed by atoms with Crippen molar-refractivity contribution in [3.8, 4) is 0 Å². The molecule has 146 valence electrons. The lowest BCUT2D eigenvalue weighted by atomic mass is 10.1. The van der Waals surface area contributed by atoms with Gasteiger partial charge in [-0.3, -0.25) is 19.5 Å². The second kappa shape index (κ2) is 7.97. The molecular weight excluding hydrogens is 384 g/mol. The summed E-state index contributed by atoms with van der Waals surface area (Å²) in [5.41, 5.74) is 3.93. The van der Waals surface area contributed by atoms with Crippen LogP contribution in [0.1, 0.15) is 11.1 Å². The molecule has 2 N–H and O–H groups in total. The van der Waals surface area contributed by atoms with Gasteiger partial charge in [0, 0.05) is 29.9 Å². The molecule has 1 aliphatic heterocycles. The number of carbonyl (C=O) groups excluding carboxylic acids is 2. The van der Waals surface area contributed by atoms with E-state index in [0.717, 1.165) is 22.0 Å². The summed E-state index contributed by atoms with van der Waals surface area (Å²) in [4.78, 5) is 34.2. The zero-order valence-electron chi connectivity index (χ0n) is 15.9. The Morgan fingerprint density at radius 2 is 1.90 bits per heavy atom. The molecule has 0 radical (unpaired) electrons. The number of benzene rings is 2. The van der Waals surface area contributed by atoms with Gasteiger partial charge in [-0.25, -0.2) is 0 Å². The lowest BCUT2D eigenvalue weighted by molar-refractivity contribution is -0.130. The number of aryl methyl sites for hydroxylation is 1. The highest BCUT2D eigenvalue weighted by molar-refractivity contribution is 7.80. The Labute approximate surface area is 173 Å². The van der Waals surface area contributed by atoms with Gasteiger partial charge in [0.1, 0.15) is 0 Å². The largest absolute Gasteiger partial charge is 0.361 e. The molecule has 1 fully saturated rings. The Kier molecular flexibility index (Phi) is 5.22. The fraction of sp³-hybridized carbons (Fsp3) is 0.182. The van der Waals surface area contributed by atoms with E-state index in [1.807, 2.05) is 55.6 Å². The third kappa shape index (κ3) is 3.82. The van der Waals surface area contributed by atoms with Crippen molar-refractivity contribution in [2.75, 3.05) is 11.4 Å². The number of amides is 2. The van der Waals surface area contributed by atoms with Gasteiger partial charge in [-0.1, -0.05) is 35.9 Å². The van der Waals surface area contributed by atoms with Gasteiger partial charge in [-0.2, -0.15) is 0 Å². The van der Waals surface area contributed by atoms with Crippen LogP contribution in [0.5, 0.6) is 0 Å². The normalized spacial score (nSPS) is 17.3. The van der Waals surface area contributed by atoms with Crippen molar-refractivity contribution in [1.82, 2.24) is 10.3 Å². The van der Waals surface area contributed by atoms with Gasteiger partial charge in [0.2, 0.25) is 5.91 Å². The Balaban J connectivity index is 1.46. The molecule has 1 unspecified atom stereocenters. The molecule has 0 bridgehead atoms. The number of aromatic amines is 1. The van der Waals surface area contributed by atoms with E-state index in [2.05, 4.69) is 21.4 Å². The number of rotatable bonds is 5. The molecule has 2 amide bonds. The van der Waals surface area contributed by atoms with E-state index in [9.17, 15) is 9.59 Å². The quantitative estimate of drug-likeness (QED) is 0.390. The Morgan fingerprint density at radius 3 is 2.69 bits per heavy atom. The highest BCUT2D eigenvalue weighted by atomic mass is 32.1. The van der Waals surface area contributed by atoms with E-state index >= 15 is 0 Å². The van der Waals surface area contributed by atoms with Gasteiger partial charge in [0.05, 0.1) is 5.69 Å². The number of carbonyl (C=O) groups is 2. The second-order valence-corrected chi connectivity index (χ2v) is 7.33. The zero-order valence-corrected chi connectivity index (χ0v) is 16.7. The van der Waals surface area contributed by atoms with Crippen molar-refractivity contribution in [3.05, 3.63) is 65.9 Å². The van der Waals surface area contributed by atoms with Gasteiger partial charge < -0.3 is 10.3 Å². The van der Waals surface area contributed by atoms with Crippen LogP contribution in [0.4, 0.5) is 5.69 Å². The first-order chi connectivity index (χ1) is 14.0. The van der Waals surface area contributed by atoms with Crippen molar-refractivity contribution < 1.29 is 9.59 Å². The van der Waals surface area contributed by atoms with Gasteiger partial charge in [0.15, 0.2) is 11.0 Å². The standard InChI is InChI=1S/C22H20N4O2S/c1-14-6-8-16(9-7-14)26-21(28)18(20(27)25-22(26)29)13-23-11-10-15-12-24-19-5-3-2-4-17(15)19/h2-9,12-13,18,24H,10-11H2,1H3,(H,25,27,29). The Morgan fingerprint density at radius 1 is 1.14 bits per heavy atom. The maximum Gasteiger partial charge on any atom is 0.251 e. The molecule has 7 heteroatoms. The summed E-state index contributed by atoms with van der Waals surface area (Å²) in [5.74, 6) is -1.83. The molecule has 0 saturated carbocycles. The van der Waals surface area contributed by atoms with E-state index < -0.39 is 17.7 Å². The van der Waals surface area contributed by atoms with Crippen LogP contribution in [-0.4, -0.2) is 34.7 Å². The van der Waals surface area contributed by atoms with E-state index in [1.54, 1.807) is 0 Å². The molecule has 3 aromatic rings. The Bertz CT molecular complexity index is 1120. The highest BCUT2D eigenvalue weighted by Gasteiger charge is 2.38. The number of nitrogens with one attached hydrogen (secondary N) is 2. The number of hydrogen-bond acceptors (Lipinski definition) is 4. The van der Waals surface area contributed by atoms with Crippen molar-refractivity contribution in [3.63, 3.8) is 0 Å². The molecule has 2 heterocycles. The summed E-state index contributed by atoms with van der Waals surface area (Å²) in [6.07, 6.45) is 4.11. The van der Waals surface area contributed by atoms with Gasteiger partial charge in [-0.05, 0) is 49.3 Å². The van der Waals surface area contributed by atoms with Gasteiger partial charge in [-0.15, -0.1) is 0 Å². The average Bonchev–Trinajstić information content (AvgIpc) is 3.12. The smallest absolute Gasteiger partial charge is 0.251 e. The van der Waals surface area contributed by atoms with E-state index in [1.165, 1.54) is 11.1 Å².